The molecule has 0 unspecified atom stereocenters. The fourth-order valence-corrected chi connectivity index (χ4v) is 4.65. The maximum Gasteiger partial charge on any atom is 2.00 e. The van der Waals surface area contributed by atoms with E-state index in [-0.39, 0.29) is 17.1 Å². The number of aryl methyl sites for hydroxylation is 3. The van der Waals surface area contributed by atoms with E-state index in [9.17, 15) is 0 Å². The average Bonchev–Trinajstić information content (AvgIpc) is 3.53. The third-order valence-corrected chi connectivity index (χ3v) is 6.30. The second kappa shape index (κ2) is 15.4. The molecule has 4 rings (SSSR count). The molecule has 0 spiro atoms. The molecule has 2 nitrogen and oxygen atoms in total. The normalized spacial score (nSPS) is 10.2. The first-order chi connectivity index (χ1) is 17.1. The van der Waals surface area contributed by atoms with Gasteiger partial charge in [0.2, 0.25) is 0 Å². The van der Waals surface area contributed by atoms with Gasteiger partial charge in [-0.25, -0.2) is 0 Å². The predicted octanol–water partition coefficient (Wildman–Crippen LogP) is 9.02. The zero-order chi connectivity index (χ0) is 25.0. The average molecular weight is 525 g/mol. The van der Waals surface area contributed by atoms with E-state index in [2.05, 4.69) is 57.2 Å². The quantitative estimate of drug-likeness (QED) is 0.152. The summed E-state index contributed by atoms with van der Waals surface area (Å²) in [4.78, 5) is 0. The van der Waals surface area contributed by atoms with E-state index in [0.29, 0.717) is 0 Å². The van der Waals surface area contributed by atoms with Crippen molar-refractivity contribution in [2.75, 3.05) is 14.2 Å². The monoisotopic (exact) mass is 524 g/mol. The van der Waals surface area contributed by atoms with Crippen LogP contribution in [-0.2, 0) is 36.3 Å². The van der Waals surface area contributed by atoms with Gasteiger partial charge in [-0.1, -0.05) is 112 Å². The summed E-state index contributed by atoms with van der Waals surface area (Å²) in [5.74, 6) is 1.75. The molecule has 0 aliphatic rings. The van der Waals surface area contributed by atoms with Crippen LogP contribution in [0.5, 0.6) is 11.5 Å². The summed E-state index contributed by atoms with van der Waals surface area (Å²) in [6.07, 6.45) is 7.23. The van der Waals surface area contributed by atoms with Crippen molar-refractivity contribution >= 4 is 0 Å². The molecule has 0 aromatic heterocycles. The molecule has 0 heterocycles. The van der Waals surface area contributed by atoms with E-state index in [1.54, 1.807) is 19.8 Å². The van der Waals surface area contributed by atoms with Gasteiger partial charge in [-0.15, -0.1) is 58.7 Å². The van der Waals surface area contributed by atoms with Crippen molar-refractivity contribution in [1.29, 1.82) is 0 Å². The van der Waals surface area contributed by atoms with Gasteiger partial charge in [0.05, 0.1) is 20.0 Å². The van der Waals surface area contributed by atoms with Gasteiger partial charge in [0.1, 0.15) is 0 Å². The summed E-state index contributed by atoms with van der Waals surface area (Å²) >= 11 is 0. The standard InChI is InChI=1S/C20H27.C13H13O2.Fe/c1-4-9-16-14-18(11-6-3)20(15-16)19-13-8-7-12-17(19)10-5-2;1-14-11-8-7-10(9-11)12-5-3-4-6-13(12)15-2;/h7-8,12-15H,4-6,9-11H2,1-3H3;3-9H,1-2H3;/q2*-1;+2. The SMILES string of the molecule is CCCc1cc(CCC)[c-](-c2ccccc2CCC)c1.COc1cc[c-](-c2ccccc2OC)c1.[Fe+2]. The van der Waals surface area contributed by atoms with Gasteiger partial charge in [-0.3, -0.25) is 0 Å². The molecule has 3 heteroatoms. The molecule has 0 radical (unpaired) electrons. The fraction of sp³-hybridized carbons (Fsp3) is 0.333. The van der Waals surface area contributed by atoms with Crippen molar-refractivity contribution in [3.63, 3.8) is 0 Å². The Kier molecular flexibility index (Phi) is 12.6. The van der Waals surface area contributed by atoms with Crippen LogP contribution in [0.15, 0.2) is 78.9 Å². The molecule has 36 heavy (non-hydrogen) atoms. The van der Waals surface area contributed by atoms with E-state index in [1.165, 1.54) is 60.8 Å². The smallest absolute Gasteiger partial charge is 0.538 e. The molecular formula is C33H40FeO2. The molecule has 0 bridgehead atoms. The first-order valence-electron chi connectivity index (χ1n) is 13.0. The summed E-state index contributed by atoms with van der Waals surface area (Å²) in [5.41, 5.74) is 9.70. The van der Waals surface area contributed by atoms with Crippen molar-refractivity contribution in [2.24, 2.45) is 0 Å². The molecule has 4 aromatic rings. The van der Waals surface area contributed by atoms with E-state index in [4.69, 9.17) is 9.47 Å². The first-order valence-corrected chi connectivity index (χ1v) is 13.0. The van der Waals surface area contributed by atoms with Gasteiger partial charge >= 0.3 is 17.1 Å². The van der Waals surface area contributed by atoms with Gasteiger partial charge in [0.25, 0.3) is 0 Å². The van der Waals surface area contributed by atoms with E-state index in [1.807, 2.05) is 42.5 Å². The zero-order valence-corrected chi connectivity index (χ0v) is 23.5. The van der Waals surface area contributed by atoms with Crippen LogP contribution in [0.25, 0.3) is 22.3 Å². The molecule has 192 valence electrons. The first kappa shape index (κ1) is 29.5. The van der Waals surface area contributed by atoms with Gasteiger partial charge in [-0.05, 0) is 6.42 Å². The summed E-state index contributed by atoms with van der Waals surface area (Å²) < 4.78 is 10.5. The van der Waals surface area contributed by atoms with E-state index < -0.39 is 0 Å². The number of methoxy groups -OCH3 is 2. The Bertz CT molecular complexity index is 1170. The Morgan fingerprint density at radius 3 is 2.00 bits per heavy atom. The van der Waals surface area contributed by atoms with Crippen LogP contribution in [-0.4, -0.2) is 14.2 Å². The van der Waals surface area contributed by atoms with Gasteiger partial charge in [-0.2, -0.15) is 0 Å². The molecule has 0 N–H and O–H groups in total. The Hall–Kier alpha value is -2.74. The van der Waals surface area contributed by atoms with E-state index in [0.717, 1.165) is 22.6 Å². The largest absolute Gasteiger partial charge is 2.00 e. The maximum atomic E-state index is 5.30. The van der Waals surface area contributed by atoms with Crippen LogP contribution < -0.4 is 9.47 Å². The van der Waals surface area contributed by atoms with Gasteiger partial charge < -0.3 is 9.47 Å². The number of rotatable bonds is 10. The van der Waals surface area contributed by atoms with Crippen LogP contribution in [0.3, 0.4) is 0 Å². The summed E-state index contributed by atoms with van der Waals surface area (Å²) in [6.45, 7) is 6.79. The second-order valence-corrected chi connectivity index (χ2v) is 8.95. The van der Waals surface area contributed by atoms with Crippen LogP contribution in [0.2, 0.25) is 0 Å². The number of benzene rings is 2. The summed E-state index contributed by atoms with van der Waals surface area (Å²) in [7, 11) is 3.35. The van der Waals surface area contributed by atoms with Gasteiger partial charge in [0, 0.05) is 5.75 Å². The molecule has 0 atom stereocenters. The van der Waals surface area contributed by atoms with Crippen molar-refractivity contribution in [2.45, 2.75) is 59.3 Å². The Labute approximate surface area is 228 Å². The molecule has 0 saturated carbocycles. The molecule has 0 aliphatic heterocycles. The van der Waals surface area contributed by atoms with Crippen LogP contribution in [0.4, 0.5) is 0 Å². The molecule has 4 aromatic carbocycles. The van der Waals surface area contributed by atoms with Crippen LogP contribution >= 0.6 is 0 Å². The molecule has 0 amide bonds. The number of hydrogen-bond donors (Lipinski definition) is 0. The number of hydrogen-bond acceptors (Lipinski definition) is 2. The molecule has 0 fully saturated rings. The van der Waals surface area contributed by atoms with Gasteiger partial charge in [0.15, 0.2) is 0 Å². The second-order valence-electron chi connectivity index (χ2n) is 8.95. The van der Waals surface area contributed by atoms with Crippen molar-refractivity contribution in [3.05, 3.63) is 95.6 Å². The van der Waals surface area contributed by atoms with Crippen molar-refractivity contribution < 1.29 is 26.5 Å². The Morgan fingerprint density at radius 2 is 1.36 bits per heavy atom. The minimum atomic E-state index is 0. The third kappa shape index (κ3) is 7.63. The topological polar surface area (TPSA) is 18.5 Å². The zero-order valence-electron chi connectivity index (χ0n) is 22.4. The third-order valence-electron chi connectivity index (χ3n) is 6.30. The van der Waals surface area contributed by atoms with Crippen molar-refractivity contribution in [3.8, 4) is 33.8 Å². The van der Waals surface area contributed by atoms with Crippen LogP contribution in [0.1, 0.15) is 56.7 Å². The minimum absolute atomic E-state index is 0. The minimum Gasteiger partial charge on any atom is -0.538 e. The Morgan fingerprint density at radius 1 is 0.694 bits per heavy atom. The van der Waals surface area contributed by atoms with E-state index >= 15 is 0 Å². The number of para-hydroxylation sites is 1. The Balaban J connectivity index is 0.000000256. The summed E-state index contributed by atoms with van der Waals surface area (Å²) in [6, 6.07) is 27.7. The van der Waals surface area contributed by atoms with Crippen molar-refractivity contribution in [1.82, 2.24) is 0 Å². The molecule has 0 saturated heterocycles. The molecular weight excluding hydrogens is 484 g/mol. The fourth-order valence-electron chi connectivity index (χ4n) is 4.65. The predicted molar refractivity (Wildman–Crippen MR) is 150 cm³/mol. The van der Waals surface area contributed by atoms with Crippen LogP contribution in [0, 0.1) is 0 Å². The molecule has 0 aliphatic carbocycles. The summed E-state index contributed by atoms with van der Waals surface area (Å²) in [5, 5.41) is 0. The maximum absolute atomic E-state index is 5.30. The number of ether oxygens (including phenoxy) is 2.